The number of benzene rings is 2. The summed E-state index contributed by atoms with van der Waals surface area (Å²) < 4.78 is 31.6. The Labute approximate surface area is 217 Å². The molecule has 0 fully saturated rings. The Morgan fingerprint density at radius 1 is 1.03 bits per heavy atom. The number of anilines is 1. The molecule has 2 aromatic carbocycles. The van der Waals surface area contributed by atoms with Crippen molar-refractivity contribution in [1.82, 2.24) is 10.2 Å². The van der Waals surface area contributed by atoms with E-state index >= 15 is 0 Å². The lowest BCUT2D eigenvalue weighted by Gasteiger charge is -2.32. The van der Waals surface area contributed by atoms with Gasteiger partial charge in [0.05, 0.1) is 18.6 Å². The summed E-state index contributed by atoms with van der Waals surface area (Å²) in [6.07, 6.45) is 1.01. The number of sulfonamides is 1. The molecule has 0 aromatic heterocycles. The topological polar surface area (TPSA) is 96.0 Å². The van der Waals surface area contributed by atoms with E-state index in [4.69, 9.17) is 27.9 Å². The molecule has 35 heavy (non-hydrogen) atoms. The molecule has 0 spiro atoms. The standard InChI is InChI=1S/C24H31Cl2N3O5S/c1-6-34-19-12-10-18(11-13-19)29(35(5,32)33)15-23(30)28(17(4)24(31)27-16(2)3)14-20-21(25)8-7-9-22(20)26/h7-13,16-17H,6,14-15H2,1-5H3,(H,27,31)/t17-/m1/s1. The quantitative estimate of drug-likeness (QED) is 0.460. The molecule has 2 aromatic rings. The summed E-state index contributed by atoms with van der Waals surface area (Å²) in [7, 11) is -3.83. The van der Waals surface area contributed by atoms with Gasteiger partial charge in [-0.15, -0.1) is 0 Å². The number of halogens is 2. The summed E-state index contributed by atoms with van der Waals surface area (Å²) in [5.74, 6) is -0.403. The van der Waals surface area contributed by atoms with E-state index in [-0.39, 0.29) is 18.5 Å². The van der Waals surface area contributed by atoms with Crippen molar-refractivity contribution in [3.05, 3.63) is 58.1 Å². The van der Waals surface area contributed by atoms with Gasteiger partial charge in [0.25, 0.3) is 0 Å². The van der Waals surface area contributed by atoms with Gasteiger partial charge in [0, 0.05) is 28.2 Å². The van der Waals surface area contributed by atoms with Crippen LogP contribution >= 0.6 is 23.2 Å². The molecular formula is C24H31Cl2N3O5S. The van der Waals surface area contributed by atoms with Crippen LogP contribution in [0.2, 0.25) is 10.0 Å². The largest absolute Gasteiger partial charge is 0.494 e. The highest BCUT2D eigenvalue weighted by Gasteiger charge is 2.31. The summed E-state index contributed by atoms with van der Waals surface area (Å²) in [4.78, 5) is 27.6. The van der Waals surface area contributed by atoms with E-state index in [9.17, 15) is 18.0 Å². The minimum atomic E-state index is -3.83. The molecule has 0 saturated carbocycles. The van der Waals surface area contributed by atoms with Crippen molar-refractivity contribution in [2.75, 3.05) is 23.7 Å². The number of carbonyl (C=O) groups is 2. The van der Waals surface area contributed by atoms with Crippen molar-refractivity contribution in [3.8, 4) is 5.75 Å². The first-order valence-electron chi connectivity index (χ1n) is 11.1. The summed E-state index contributed by atoms with van der Waals surface area (Å²) in [6, 6.07) is 10.2. The fraction of sp³-hybridized carbons (Fsp3) is 0.417. The highest BCUT2D eigenvalue weighted by molar-refractivity contribution is 7.92. The predicted octanol–water partition coefficient (Wildman–Crippen LogP) is 4.10. The number of ether oxygens (including phenoxy) is 1. The van der Waals surface area contributed by atoms with E-state index in [1.54, 1.807) is 63.2 Å². The van der Waals surface area contributed by atoms with Crippen LogP contribution in [0, 0.1) is 0 Å². The third-order valence-corrected chi connectivity index (χ3v) is 6.95. The molecule has 0 aliphatic heterocycles. The molecule has 192 valence electrons. The van der Waals surface area contributed by atoms with Gasteiger partial charge in [-0.3, -0.25) is 13.9 Å². The zero-order chi connectivity index (χ0) is 26.3. The molecule has 0 bridgehead atoms. The van der Waals surface area contributed by atoms with E-state index in [0.717, 1.165) is 10.6 Å². The van der Waals surface area contributed by atoms with Gasteiger partial charge in [-0.2, -0.15) is 0 Å². The number of amides is 2. The van der Waals surface area contributed by atoms with Crippen LogP contribution in [0.3, 0.4) is 0 Å². The number of nitrogens with one attached hydrogen (secondary N) is 1. The lowest BCUT2D eigenvalue weighted by Crippen LogP contribution is -2.52. The molecule has 1 atom stereocenters. The van der Waals surface area contributed by atoms with E-state index in [2.05, 4.69) is 5.32 Å². The van der Waals surface area contributed by atoms with Crippen molar-refractivity contribution in [2.24, 2.45) is 0 Å². The Bertz CT molecular complexity index is 1120. The van der Waals surface area contributed by atoms with Crippen molar-refractivity contribution in [1.29, 1.82) is 0 Å². The molecule has 11 heteroatoms. The van der Waals surface area contributed by atoms with E-state index in [0.29, 0.717) is 33.7 Å². The van der Waals surface area contributed by atoms with Crippen LogP contribution in [0.5, 0.6) is 5.75 Å². The van der Waals surface area contributed by atoms with Crippen LogP contribution in [0.15, 0.2) is 42.5 Å². The maximum Gasteiger partial charge on any atom is 0.244 e. The van der Waals surface area contributed by atoms with Crippen LogP contribution < -0.4 is 14.4 Å². The van der Waals surface area contributed by atoms with E-state index < -0.39 is 28.5 Å². The van der Waals surface area contributed by atoms with Gasteiger partial charge in [-0.05, 0) is 64.1 Å². The second kappa shape index (κ2) is 12.5. The minimum absolute atomic E-state index is 0.0785. The Morgan fingerprint density at radius 3 is 2.09 bits per heavy atom. The van der Waals surface area contributed by atoms with Crippen molar-refractivity contribution in [2.45, 2.75) is 46.3 Å². The number of carbonyl (C=O) groups excluding carboxylic acids is 2. The molecule has 0 saturated heterocycles. The Morgan fingerprint density at radius 2 is 1.60 bits per heavy atom. The molecule has 0 unspecified atom stereocenters. The van der Waals surface area contributed by atoms with Crippen LogP contribution in [0.4, 0.5) is 5.69 Å². The first-order chi connectivity index (χ1) is 16.3. The number of nitrogens with zero attached hydrogens (tertiary/aromatic N) is 2. The zero-order valence-corrected chi connectivity index (χ0v) is 22.7. The first kappa shape index (κ1) is 28.7. The smallest absolute Gasteiger partial charge is 0.244 e. The SMILES string of the molecule is CCOc1ccc(N(CC(=O)N(Cc2c(Cl)cccc2Cl)[C@H](C)C(=O)NC(C)C)S(C)(=O)=O)cc1. The van der Waals surface area contributed by atoms with Gasteiger partial charge in [0.2, 0.25) is 21.8 Å². The highest BCUT2D eigenvalue weighted by Crippen LogP contribution is 2.27. The molecule has 0 radical (unpaired) electrons. The van der Waals surface area contributed by atoms with Crippen LogP contribution in [-0.4, -0.2) is 56.6 Å². The van der Waals surface area contributed by atoms with Crippen molar-refractivity contribution in [3.63, 3.8) is 0 Å². The van der Waals surface area contributed by atoms with Crippen molar-refractivity contribution >= 4 is 50.7 Å². The average Bonchev–Trinajstić information content (AvgIpc) is 2.76. The maximum absolute atomic E-state index is 13.5. The normalized spacial score (nSPS) is 12.2. The summed E-state index contributed by atoms with van der Waals surface area (Å²) in [5, 5.41) is 3.45. The molecule has 1 N–H and O–H groups in total. The van der Waals surface area contributed by atoms with Gasteiger partial charge >= 0.3 is 0 Å². The summed E-state index contributed by atoms with van der Waals surface area (Å²) in [6.45, 7) is 6.88. The van der Waals surface area contributed by atoms with Gasteiger partial charge in [0.1, 0.15) is 18.3 Å². The first-order valence-corrected chi connectivity index (χ1v) is 13.7. The Kier molecular flexibility index (Phi) is 10.2. The fourth-order valence-corrected chi connectivity index (χ4v) is 4.70. The van der Waals surface area contributed by atoms with Crippen molar-refractivity contribution < 1.29 is 22.7 Å². The second-order valence-corrected chi connectivity index (χ2v) is 11.0. The molecule has 0 aliphatic carbocycles. The van der Waals surface area contributed by atoms with Gasteiger partial charge in [-0.25, -0.2) is 8.42 Å². The molecular weight excluding hydrogens is 513 g/mol. The van der Waals surface area contributed by atoms with Crippen LogP contribution in [0.1, 0.15) is 33.3 Å². The Hall–Kier alpha value is -2.49. The number of hydrogen-bond acceptors (Lipinski definition) is 5. The van der Waals surface area contributed by atoms with Crippen LogP contribution in [0.25, 0.3) is 0 Å². The van der Waals surface area contributed by atoms with Crippen LogP contribution in [-0.2, 0) is 26.2 Å². The zero-order valence-electron chi connectivity index (χ0n) is 20.4. The molecule has 2 amide bonds. The number of hydrogen-bond donors (Lipinski definition) is 1. The third kappa shape index (κ3) is 8.02. The van der Waals surface area contributed by atoms with E-state index in [1.165, 1.54) is 4.90 Å². The average molecular weight is 545 g/mol. The van der Waals surface area contributed by atoms with E-state index in [1.807, 2.05) is 6.92 Å². The highest BCUT2D eigenvalue weighted by atomic mass is 35.5. The molecule has 2 rings (SSSR count). The predicted molar refractivity (Wildman–Crippen MR) is 140 cm³/mol. The van der Waals surface area contributed by atoms with Gasteiger partial charge < -0.3 is 15.0 Å². The molecule has 0 aliphatic rings. The fourth-order valence-electron chi connectivity index (χ4n) is 3.33. The summed E-state index contributed by atoms with van der Waals surface area (Å²) in [5.41, 5.74) is 0.750. The molecule has 8 nitrogen and oxygen atoms in total. The third-order valence-electron chi connectivity index (χ3n) is 5.10. The van der Waals surface area contributed by atoms with Gasteiger partial charge in [-0.1, -0.05) is 29.3 Å². The maximum atomic E-state index is 13.5. The molecule has 0 heterocycles. The Balaban J connectivity index is 2.42. The number of rotatable bonds is 11. The lowest BCUT2D eigenvalue weighted by molar-refractivity contribution is -0.139. The lowest BCUT2D eigenvalue weighted by atomic mass is 10.1. The minimum Gasteiger partial charge on any atom is -0.494 e. The summed E-state index contributed by atoms with van der Waals surface area (Å²) >= 11 is 12.6. The second-order valence-electron chi connectivity index (χ2n) is 8.26. The van der Waals surface area contributed by atoms with Gasteiger partial charge in [0.15, 0.2) is 0 Å². The monoisotopic (exact) mass is 543 g/mol.